The summed E-state index contributed by atoms with van der Waals surface area (Å²) in [6.07, 6.45) is 0.937. The van der Waals surface area contributed by atoms with E-state index in [1.807, 2.05) is 0 Å². The summed E-state index contributed by atoms with van der Waals surface area (Å²) in [4.78, 5) is 24.1. The summed E-state index contributed by atoms with van der Waals surface area (Å²) < 4.78 is 4.88. The molecule has 2 aromatic rings. The molecule has 0 radical (unpaired) electrons. The maximum absolute atomic E-state index is 11.0. The number of anilines is 2. The van der Waals surface area contributed by atoms with Gasteiger partial charge in [-0.1, -0.05) is 0 Å². The zero-order valence-corrected chi connectivity index (χ0v) is 9.66. The molecule has 0 aliphatic rings. The van der Waals surface area contributed by atoms with Gasteiger partial charge in [-0.2, -0.15) is 0 Å². The summed E-state index contributed by atoms with van der Waals surface area (Å²) in [5, 5.41) is 3.07. The Kier molecular flexibility index (Phi) is 3.22. The standard InChI is InChI=1S/C11H14N4O3/c12-6-4-9-8(15-11(17)18-9)5-7(6)14-3-1-2-10(13)16/h4-5,14H,1-3,12H2,(H2,13,16)(H,15,17). The monoisotopic (exact) mass is 250 g/mol. The smallest absolute Gasteiger partial charge is 0.408 e. The van der Waals surface area contributed by atoms with E-state index in [4.69, 9.17) is 15.9 Å². The number of nitrogens with two attached hydrogens (primary N) is 2. The van der Waals surface area contributed by atoms with Gasteiger partial charge in [-0.25, -0.2) is 4.79 Å². The van der Waals surface area contributed by atoms with Gasteiger partial charge in [0.1, 0.15) is 0 Å². The first-order valence-electron chi connectivity index (χ1n) is 5.51. The Morgan fingerprint density at radius 1 is 1.44 bits per heavy atom. The van der Waals surface area contributed by atoms with Gasteiger partial charge in [0.15, 0.2) is 5.58 Å². The van der Waals surface area contributed by atoms with Gasteiger partial charge in [0.05, 0.1) is 16.9 Å². The van der Waals surface area contributed by atoms with E-state index in [2.05, 4.69) is 10.3 Å². The Labute approximate surface area is 102 Å². The fourth-order valence-corrected chi connectivity index (χ4v) is 1.65. The third-order valence-corrected chi connectivity index (χ3v) is 2.51. The lowest BCUT2D eigenvalue weighted by atomic mass is 10.2. The first-order chi connectivity index (χ1) is 8.56. The molecule has 1 heterocycles. The molecule has 0 atom stereocenters. The van der Waals surface area contributed by atoms with Crippen LogP contribution in [-0.2, 0) is 4.79 Å². The summed E-state index contributed by atoms with van der Waals surface area (Å²) >= 11 is 0. The van der Waals surface area contributed by atoms with Crippen LogP contribution in [0.5, 0.6) is 0 Å². The van der Waals surface area contributed by atoms with Crippen LogP contribution in [0.2, 0.25) is 0 Å². The van der Waals surface area contributed by atoms with Crippen molar-refractivity contribution >= 4 is 28.4 Å². The van der Waals surface area contributed by atoms with Gasteiger partial charge in [-0.3, -0.25) is 9.78 Å². The Balaban J connectivity index is 2.10. The van der Waals surface area contributed by atoms with Gasteiger partial charge < -0.3 is 21.2 Å². The number of carbonyl (C=O) groups excluding carboxylic acids is 1. The molecule has 1 amide bonds. The van der Waals surface area contributed by atoms with Crippen molar-refractivity contribution in [1.29, 1.82) is 0 Å². The lowest BCUT2D eigenvalue weighted by Gasteiger charge is -2.08. The Morgan fingerprint density at radius 3 is 2.94 bits per heavy atom. The molecular weight excluding hydrogens is 236 g/mol. The number of nitrogen functional groups attached to an aromatic ring is 1. The molecule has 0 saturated carbocycles. The second-order valence-electron chi connectivity index (χ2n) is 3.95. The normalized spacial score (nSPS) is 10.7. The molecule has 0 bridgehead atoms. The van der Waals surface area contributed by atoms with Crippen molar-refractivity contribution in [2.45, 2.75) is 12.8 Å². The van der Waals surface area contributed by atoms with Crippen LogP contribution in [0.1, 0.15) is 12.8 Å². The molecule has 0 aliphatic heterocycles. The highest BCUT2D eigenvalue weighted by atomic mass is 16.4. The number of hydrogen-bond acceptors (Lipinski definition) is 5. The van der Waals surface area contributed by atoms with Crippen molar-refractivity contribution in [2.24, 2.45) is 5.73 Å². The van der Waals surface area contributed by atoms with Crippen LogP contribution in [0.4, 0.5) is 11.4 Å². The van der Waals surface area contributed by atoms with Crippen LogP contribution < -0.4 is 22.5 Å². The molecule has 96 valence electrons. The Hall–Kier alpha value is -2.44. The van der Waals surface area contributed by atoms with E-state index in [-0.39, 0.29) is 5.91 Å². The number of hydrogen-bond donors (Lipinski definition) is 4. The maximum Gasteiger partial charge on any atom is 0.417 e. The number of aromatic amines is 1. The third-order valence-electron chi connectivity index (χ3n) is 2.51. The van der Waals surface area contributed by atoms with Gasteiger partial charge >= 0.3 is 5.76 Å². The number of carbonyl (C=O) groups is 1. The number of amides is 1. The Morgan fingerprint density at radius 2 is 2.22 bits per heavy atom. The molecular formula is C11H14N4O3. The minimum atomic E-state index is -0.518. The lowest BCUT2D eigenvalue weighted by Crippen LogP contribution is -2.13. The zero-order chi connectivity index (χ0) is 13.1. The van der Waals surface area contributed by atoms with Crippen LogP contribution >= 0.6 is 0 Å². The van der Waals surface area contributed by atoms with Crippen molar-refractivity contribution in [3.63, 3.8) is 0 Å². The molecule has 1 aromatic heterocycles. The van der Waals surface area contributed by atoms with Crippen molar-refractivity contribution < 1.29 is 9.21 Å². The minimum Gasteiger partial charge on any atom is -0.408 e. The number of aromatic nitrogens is 1. The number of benzene rings is 1. The average Bonchev–Trinajstić information content (AvgIpc) is 2.63. The summed E-state index contributed by atoms with van der Waals surface area (Å²) in [5.41, 5.74) is 13.0. The summed E-state index contributed by atoms with van der Waals surface area (Å²) in [5.74, 6) is -0.852. The van der Waals surface area contributed by atoms with Crippen molar-refractivity contribution in [3.05, 3.63) is 22.7 Å². The molecule has 0 saturated heterocycles. The highest BCUT2D eigenvalue weighted by Crippen LogP contribution is 2.24. The van der Waals surface area contributed by atoms with Gasteiger partial charge in [-0.05, 0) is 12.5 Å². The van der Waals surface area contributed by atoms with Crippen LogP contribution in [0.3, 0.4) is 0 Å². The molecule has 18 heavy (non-hydrogen) atoms. The molecule has 0 spiro atoms. The van der Waals surface area contributed by atoms with E-state index in [0.717, 1.165) is 0 Å². The maximum atomic E-state index is 11.0. The predicted molar refractivity (Wildman–Crippen MR) is 68.2 cm³/mol. The van der Waals surface area contributed by atoms with Gasteiger partial charge in [0, 0.05) is 19.0 Å². The van der Waals surface area contributed by atoms with Gasteiger partial charge in [0.25, 0.3) is 0 Å². The van der Waals surface area contributed by atoms with E-state index >= 15 is 0 Å². The molecule has 7 nitrogen and oxygen atoms in total. The van der Waals surface area contributed by atoms with Crippen LogP contribution in [0, 0.1) is 0 Å². The van der Waals surface area contributed by atoms with Crippen LogP contribution in [0.25, 0.3) is 11.1 Å². The highest BCUT2D eigenvalue weighted by Gasteiger charge is 2.06. The summed E-state index contributed by atoms with van der Waals surface area (Å²) in [6.45, 7) is 0.570. The molecule has 7 heteroatoms. The van der Waals surface area contributed by atoms with Crippen molar-refractivity contribution in [2.75, 3.05) is 17.6 Å². The molecule has 6 N–H and O–H groups in total. The zero-order valence-electron chi connectivity index (χ0n) is 9.66. The van der Waals surface area contributed by atoms with E-state index in [1.165, 1.54) is 0 Å². The SMILES string of the molecule is NC(=O)CCCNc1cc2[nH]c(=O)oc2cc1N. The fraction of sp³-hybridized carbons (Fsp3) is 0.273. The molecule has 1 aromatic carbocycles. The second-order valence-corrected chi connectivity index (χ2v) is 3.95. The van der Waals surface area contributed by atoms with E-state index in [1.54, 1.807) is 12.1 Å². The quantitative estimate of drug-likeness (QED) is 0.450. The Bertz CT molecular complexity index is 629. The first-order valence-corrected chi connectivity index (χ1v) is 5.51. The third kappa shape index (κ3) is 2.62. The topological polar surface area (TPSA) is 127 Å². The number of fused-ring (bicyclic) bond motifs is 1. The predicted octanol–water partition coefficient (Wildman–Crippen LogP) is 0.381. The van der Waals surface area contributed by atoms with Crippen molar-refractivity contribution in [1.82, 2.24) is 4.98 Å². The van der Waals surface area contributed by atoms with Crippen molar-refractivity contribution in [3.8, 4) is 0 Å². The van der Waals surface area contributed by atoms with Gasteiger partial charge in [-0.15, -0.1) is 0 Å². The number of H-pyrrole nitrogens is 1. The van der Waals surface area contributed by atoms with E-state index in [9.17, 15) is 9.59 Å². The van der Waals surface area contributed by atoms with E-state index in [0.29, 0.717) is 41.9 Å². The summed E-state index contributed by atoms with van der Waals surface area (Å²) in [7, 11) is 0. The number of nitrogens with one attached hydrogen (secondary N) is 2. The summed E-state index contributed by atoms with van der Waals surface area (Å²) in [6, 6.07) is 3.27. The highest BCUT2D eigenvalue weighted by molar-refractivity contribution is 5.85. The minimum absolute atomic E-state index is 0.317. The molecule has 0 fully saturated rings. The van der Waals surface area contributed by atoms with Crippen LogP contribution in [0.15, 0.2) is 21.3 Å². The largest absolute Gasteiger partial charge is 0.417 e. The van der Waals surface area contributed by atoms with E-state index < -0.39 is 5.76 Å². The van der Waals surface area contributed by atoms with Crippen LogP contribution in [-0.4, -0.2) is 17.4 Å². The van der Waals surface area contributed by atoms with Gasteiger partial charge in [0.2, 0.25) is 5.91 Å². The number of rotatable bonds is 5. The first kappa shape index (κ1) is 12.0. The number of oxazole rings is 1. The molecule has 2 rings (SSSR count). The fourth-order valence-electron chi connectivity index (χ4n) is 1.65. The second kappa shape index (κ2) is 4.82. The molecule has 0 aliphatic carbocycles. The number of primary amides is 1. The molecule has 0 unspecified atom stereocenters. The average molecular weight is 250 g/mol. The lowest BCUT2D eigenvalue weighted by molar-refractivity contribution is -0.118.